The Hall–Kier alpha value is -0.795. The zero-order valence-corrected chi connectivity index (χ0v) is 9.19. The lowest BCUT2D eigenvalue weighted by Gasteiger charge is -2.22. The lowest BCUT2D eigenvalue weighted by atomic mass is 9.75. The van der Waals surface area contributed by atoms with E-state index >= 15 is 0 Å². The SMILES string of the molecule is CC(CB1OCCCO1)c1ccccc1. The Morgan fingerprint density at radius 2 is 1.87 bits per heavy atom. The van der Waals surface area contributed by atoms with Crippen LogP contribution in [-0.2, 0) is 9.31 Å². The van der Waals surface area contributed by atoms with Gasteiger partial charge < -0.3 is 9.31 Å². The van der Waals surface area contributed by atoms with E-state index in [2.05, 4.69) is 31.2 Å². The first-order chi connectivity index (χ1) is 7.36. The zero-order valence-electron chi connectivity index (χ0n) is 9.19. The molecular weight excluding hydrogens is 187 g/mol. The normalized spacial score (nSPS) is 18.9. The molecule has 15 heavy (non-hydrogen) atoms. The Labute approximate surface area is 91.7 Å². The molecule has 80 valence electrons. The third-order valence-electron chi connectivity index (χ3n) is 2.81. The summed E-state index contributed by atoms with van der Waals surface area (Å²) in [5.41, 5.74) is 1.36. The second kappa shape index (κ2) is 5.33. The maximum absolute atomic E-state index is 5.55. The molecule has 0 saturated carbocycles. The van der Waals surface area contributed by atoms with Gasteiger partial charge in [0.15, 0.2) is 0 Å². The van der Waals surface area contributed by atoms with Crippen molar-refractivity contribution in [3.8, 4) is 0 Å². The van der Waals surface area contributed by atoms with Crippen molar-refractivity contribution in [3.05, 3.63) is 35.9 Å². The topological polar surface area (TPSA) is 18.5 Å². The molecular formula is C12H17BO2. The summed E-state index contributed by atoms with van der Waals surface area (Å²) in [6, 6.07) is 10.5. The van der Waals surface area contributed by atoms with Gasteiger partial charge in [-0.15, -0.1) is 0 Å². The summed E-state index contributed by atoms with van der Waals surface area (Å²) in [5.74, 6) is 0.495. The van der Waals surface area contributed by atoms with Gasteiger partial charge in [0.1, 0.15) is 0 Å². The summed E-state index contributed by atoms with van der Waals surface area (Å²) in [4.78, 5) is 0. The first-order valence-corrected chi connectivity index (χ1v) is 5.64. The van der Waals surface area contributed by atoms with Crippen LogP contribution in [-0.4, -0.2) is 20.3 Å². The molecule has 2 rings (SSSR count). The predicted octanol–water partition coefficient (Wildman–Crippen LogP) is 2.72. The zero-order chi connectivity index (χ0) is 10.5. The van der Waals surface area contributed by atoms with Crippen LogP contribution in [0.2, 0.25) is 6.32 Å². The molecule has 1 aromatic carbocycles. The van der Waals surface area contributed by atoms with Crippen LogP contribution in [0.5, 0.6) is 0 Å². The molecule has 1 unspecified atom stereocenters. The van der Waals surface area contributed by atoms with Crippen molar-refractivity contribution in [2.75, 3.05) is 13.2 Å². The molecule has 2 nitrogen and oxygen atoms in total. The van der Waals surface area contributed by atoms with E-state index in [1.165, 1.54) is 5.56 Å². The molecule has 0 bridgehead atoms. The highest BCUT2D eigenvalue weighted by Gasteiger charge is 2.24. The van der Waals surface area contributed by atoms with Crippen molar-refractivity contribution in [2.24, 2.45) is 0 Å². The van der Waals surface area contributed by atoms with Crippen LogP contribution in [0.15, 0.2) is 30.3 Å². The second-order valence-corrected chi connectivity index (χ2v) is 4.07. The largest absolute Gasteiger partial charge is 0.457 e. The Morgan fingerprint density at radius 1 is 1.20 bits per heavy atom. The molecule has 0 amide bonds. The smallest absolute Gasteiger partial charge is 0.411 e. The standard InChI is InChI=1S/C12H17BO2/c1-11(12-6-3-2-4-7-12)10-13-14-8-5-9-15-13/h2-4,6-7,11H,5,8-10H2,1H3. The summed E-state index contributed by atoms with van der Waals surface area (Å²) >= 11 is 0. The van der Waals surface area contributed by atoms with E-state index in [1.807, 2.05) is 6.07 Å². The number of benzene rings is 1. The third-order valence-corrected chi connectivity index (χ3v) is 2.81. The molecule has 3 heteroatoms. The van der Waals surface area contributed by atoms with Gasteiger partial charge >= 0.3 is 7.12 Å². The molecule has 1 fully saturated rings. The van der Waals surface area contributed by atoms with Crippen LogP contribution in [0.3, 0.4) is 0 Å². The molecule has 1 saturated heterocycles. The van der Waals surface area contributed by atoms with E-state index in [1.54, 1.807) is 0 Å². The van der Waals surface area contributed by atoms with Gasteiger partial charge in [0.05, 0.1) is 0 Å². The van der Waals surface area contributed by atoms with Crippen LogP contribution in [0.25, 0.3) is 0 Å². The van der Waals surface area contributed by atoms with E-state index in [9.17, 15) is 0 Å². The van der Waals surface area contributed by atoms with Crippen molar-refractivity contribution >= 4 is 7.12 Å². The number of rotatable bonds is 3. The van der Waals surface area contributed by atoms with Crippen molar-refractivity contribution in [1.82, 2.24) is 0 Å². The highest BCUT2D eigenvalue weighted by Crippen LogP contribution is 2.22. The van der Waals surface area contributed by atoms with Gasteiger partial charge in [-0.2, -0.15) is 0 Å². The van der Waals surface area contributed by atoms with Crippen molar-refractivity contribution in [2.45, 2.75) is 25.6 Å². The van der Waals surface area contributed by atoms with Gasteiger partial charge in [-0.05, 0) is 24.2 Å². The monoisotopic (exact) mass is 204 g/mol. The van der Waals surface area contributed by atoms with E-state index in [0.29, 0.717) is 5.92 Å². The summed E-state index contributed by atoms with van der Waals surface area (Å²) in [7, 11) is -0.00560. The molecule has 1 aliphatic heterocycles. The predicted molar refractivity (Wildman–Crippen MR) is 61.9 cm³/mol. The van der Waals surface area contributed by atoms with E-state index in [0.717, 1.165) is 26.0 Å². The summed E-state index contributed by atoms with van der Waals surface area (Å²) in [6.45, 7) is 3.90. The number of hydrogen-bond donors (Lipinski definition) is 0. The molecule has 0 N–H and O–H groups in total. The Balaban J connectivity index is 1.88. The summed E-state index contributed by atoms with van der Waals surface area (Å²) in [6.07, 6.45) is 1.97. The van der Waals surface area contributed by atoms with Gasteiger partial charge in [-0.3, -0.25) is 0 Å². The molecule has 1 aromatic rings. The number of hydrogen-bond acceptors (Lipinski definition) is 2. The Kier molecular flexibility index (Phi) is 3.81. The molecule has 0 spiro atoms. The van der Waals surface area contributed by atoms with Crippen molar-refractivity contribution in [3.63, 3.8) is 0 Å². The van der Waals surface area contributed by atoms with Gasteiger partial charge in [-0.1, -0.05) is 37.3 Å². The van der Waals surface area contributed by atoms with E-state index < -0.39 is 0 Å². The average molecular weight is 204 g/mol. The quantitative estimate of drug-likeness (QED) is 0.704. The highest BCUT2D eigenvalue weighted by molar-refractivity contribution is 6.44. The fourth-order valence-corrected chi connectivity index (χ4v) is 1.88. The lowest BCUT2D eigenvalue weighted by molar-refractivity contribution is 0.133. The van der Waals surface area contributed by atoms with Crippen LogP contribution in [0, 0.1) is 0 Å². The second-order valence-electron chi connectivity index (χ2n) is 4.07. The van der Waals surface area contributed by atoms with Crippen LogP contribution < -0.4 is 0 Å². The third kappa shape index (κ3) is 3.08. The fraction of sp³-hybridized carbons (Fsp3) is 0.500. The minimum Gasteiger partial charge on any atom is -0.411 e. The first-order valence-electron chi connectivity index (χ1n) is 5.64. The van der Waals surface area contributed by atoms with Crippen molar-refractivity contribution < 1.29 is 9.31 Å². The summed E-state index contributed by atoms with van der Waals surface area (Å²) < 4.78 is 11.1. The first kappa shape index (κ1) is 10.7. The molecule has 0 aromatic heterocycles. The van der Waals surface area contributed by atoms with Gasteiger partial charge in [-0.25, -0.2) is 0 Å². The fourth-order valence-electron chi connectivity index (χ4n) is 1.88. The van der Waals surface area contributed by atoms with Gasteiger partial charge in [0.25, 0.3) is 0 Å². The molecule has 1 aliphatic rings. The maximum atomic E-state index is 5.55. The molecule has 0 aliphatic carbocycles. The van der Waals surface area contributed by atoms with Crippen LogP contribution >= 0.6 is 0 Å². The van der Waals surface area contributed by atoms with Crippen LogP contribution in [0.1, 0.15) is 24.8 Å². The van der Waals surface area contributed by atoms with Gasteiger partial charge in [0.2, 0.25) is 0 Å². The Morgan fingerprint density at radius 3 is 2.53 bits per heavy atom. The Bertz CT molecular complexity index is 283. The van der Waals surface area contributed by atoms with Crippen LogP contribution in [0.4, 0.5) is 0 Å². The summed E-state index contributed by atoms with van der Waals surface area (Å²) in [5, 5.41) is 0. The lowest BCUT2D eigenvalue weighted by Crippen LogP contribution is -2.30. The molecule has 1 heterocycles. The van der Waals surface area contributed by atoms with E-state index in [-0.39, 0.29) is 7.12 Å². The average Bonchev–Trinajstić information content (AvgIpc) is 2.31. The minimum atomic E-state index is -0.00560. The minimum absolute atomic E-state index is 0.00560. The highest BCUT2D eigenvalue weighted by atomic mass is 16.6. The van der Waals surface area contributed by atoms with Gasteiger partial charge in [0, 0.05) is 13.2 Å². The molecule has 1 atom stereocenters. The molecule has 0 radical (unpaired) electrons. The maximum Gasteiger partial charge on any atom is 0.457 e. The van der Waals surface area contributed by atoms with Crippen molar-refractivity contribution in [1.29, 1.82) is 0 Å². The van der Waals surface area contributed by atoms with E-state index in [4.69, 9.17) is 9.31 Å².